The van der Waals surface area contributed by atoms with Crippen molar-refractivity contribution in [3.8, 4) is 0 Å². The highest BCUT2D eigenvalue weighted by atomic mass is 16.5. The Morgan fingerprint density at radius 2 is 1.89 bits per heavy atom. The highest BCUT2D eigenvalue weighted by molar-refractivity contribution is 5.79. The number of nitrogens with two attached hydrogens (primary N) is 1. The molecule has 3 N–H and O–H groups in total. The summed E-state index contributed by atoms with van der Waals surface area (Å²) in [5, 5.41) is 3.22. The third-order valence-corrected chi connectivity index (χ3v) is 4.62. The average Bonchev–Trinajstić information content (AvgIpc) is 2.40. The summed E-state index contributed by atoms with van der Waals surface area (Å²) in [6.45, 7) is 4.21. The molecular weight excluding hydrogens is 228 g/mol. The summed E-state index contributed by atoms with van der Waals surface area (Å²) in [4.78, 5) is 12.3. The van der Waals surface area contributed by atoms with E-state index >= 15 is 0 Å². The molecule has 1 heterocycles. The van der Waals surface area contributed by atoms with Crippen molar-refractivity contribution in [3.05, 3.63) is 0 Å². The van der Waals surface area contributed by atoms with E-state index in [0.717, 1.165) is 31.6 Å². The van der Waals surface area contributed by atoms with Gasteiger partial charge >= 0.3 is 0 Å². The summed E-state index contributed by atoms with van der Waals surface area (Å²) in [7, 11) is 0. The standard InChI is InChI=1S/C14H26N2O2/c1-11-2-4-12(5-3-11)13(17)16-14(10-15)6-8-18-9-7-14/h11-12H,2-10,15H2,1H3,(H,16,17). The van der Waals surface area contributed by atoms with Crippen LogP contribution < -0.4 is 11.1 Å². The maximum Gasteiger partial charge on any atom is 0.223 e. The zero-order valence-corrected chi connectivity index (χ0v) is 11.4. The first-order valence-electron chi connectivity index (χ1n) is 7.25. The molecule has 0 aromatic rings. The van der Waals surface area contributed by atoms with Crippen LogP contribution in [0.5, 0.6) is 0 Å². The van der Waals surface area contributed by atoms with Crippen LogP contribution in [-0.2, 0) is 9.53 Å². The van der Waals surface area contributed by atoms with Gasteiger partial charge < -0.3 is 15.8 Å². The average molecular weight is 254 g/mol. The molecular formula is C14H26N2O2. The number of ether oxygens (including phenoxy) is 1. The third kappa shape index (κ3) is 3.23. The number of hydrogen-bond acceptors (Lipinski definition) is 3. The van der Waals surface area contributed by atoms with E-state index in [1.165, 1.54) is 12.8 Å². The van der Waals surface area contributed by atoms with E-state index in [9.17, 15) is 4.79 Å². The van der Waals surface area contributed by atoms with Crippen LogP contribution in [0.1, 0.15) is 45.4 Å². The molecule has 1 amide bonds. The van der Waals surface area contributed by atoms with Crippen molar-refractivity contribution in [2.24, 2.45) is 17.6 Å². The van der Waals surface area contributed by atoms with Gasteiger partial charge in [-0.1, -0.05) is 6.92 Å². The highest BCUT2D eigenvalue weighted by Gasteiger charge is 2.35. The number of rotatable bonds is 3. The predicted molar refractivity (Wildman–Crippen MR) is 71.1 cm³/mol. The Labute approximate surface area is 110 Å². The Morgan fingerprint density at radius 1 is 1.28 bits per heavy atom. The monoisotopic (exact) mass is 254 g/mol. The Morgan fingerprint density at radius 3 is 2.44 bits per heavy atom. The lowest BCUT2D eigenvalue weighted by molar-refractivity contribution is -0.129. The number of carbonyl (C=O) groups excluding carboxylic acids is 1. The molecule has 0 bridgehead atoms. The second-order valence-electron chi connectivity index (χ2n) is 6.04. The SMILES string of the molecule is CC1CCC(C(=O)NC2(CN)CCOCC2)CC1. The van der Waals surface area contributed by atoms with Crippen molar-refractivity contribution in [1.82, 2.24) is 5.32 Å². The minimum Gasteiger partial charge on any atom is -0.381 e. The van der Waals surface area contributed by atoms with Crippen molar-refractivity contribution in [1.29, 1.82) is 0 Å². The second-order valence-corrected chi connectivity index (χ2v) is 6.04. The van der Waals surface area contributed by atoms with Crippen LogP contribution in [0.15, 0.2) is 0 Å². The normalized spacial score (nSPS) is 31.9. The number of amides is 1. The van der Waals surface area contributed by atoms with Gasteiger partial charge in [0.2, 0.25) is 5.91 Å². The number of carbonyl (C=O) groups is 1. The molecule has 2 rings (SSSR count). The Balaban J connectivity index is 1.89. The first kappa shape index (κ1) is 13.8. The van der Waals surface area contributed by atoms with Gasteiger partial charge in [0.15, 0.2) is 0 Å². The molecule has 2 fully saturated rings. The topological polar surface area (TPSA) is 64.4 Å². The fourth-order valence-corrected chi connectivity index (χ4v) is 3.03. The van der Waals surface area contributed by atoms with Gasteiger partial charge in [0, 0.05) is 25.7 Å². The van der Waals surface area contributed by atoms with Crippen molar-refractivity contribution in [2.45, 2.75) is 51.0 Å². The van der Waals surface area contributed by atoms with E-state index in [0.29, 0.717) is 19.8 Å². The van der Waals surface area contributed by atoms with Crippen molar-refractivity contribution in [2.75, 3.05) is 19.8 Å². The van der Waals surface area contributed by atoms with E-state index in [1.54, 1.807) is 0 Å². The zero-order valence-electron chi connectivity index (χ0n) is 11.4. The smallest absolute Gasteiger partial charge is 0.223 e. The molecule has 2 aliphatic rings. The predicted octanol–water partition coefficient (Wildman–Crippen LogP) is 1.44. The molecule has 1 saturated carbocycles. The highest BCUT2D eigenvalue weighted by Crippen LogP contribution is 2.29. The van der Waals surface area contributed by atoms with Crippen LogP contribution in [-0.4, -0.2) is 31.2 Å². The molecule has 1 aliphatic heterocycles. The molecule has 1 aliphatic carbocycles. The third-order valence-electron chi connectivity index (χ3n) is 4.62. The molecule has 104 valence electrons. The van der Waals surface area contributed by atoms with Crippen LogP contribution in [0.4, 0.5) is 0 Å². The minimum absolute atomic E-state index is 0.201. The van der Waals surface area contributed by atoms with Gasteiger partial charge in [0.25, 0.3) is 0 Å². The molecule has 0 aromatic carbocycles. The van der Waals surface area contributed by atoms with Crippen molar-refractivity contribution >= 4 is 5.91 Å². The Hall–Kier alpha value is -0.610. The van der Waals surface area contributed by atoms with Crippen LogP contribution >= 0.6 is 0 Å². The van der Waals surface area contributed by atoms with E-state index in [4.69, 9.17) is 10.5 Å². The van der Waals surface area contributed by atoms with Gasteiger partial charge in [-0.15, -0.1) is 0 Å². The van der Waals surface area contributed by atoms with Gasteiger partial charge in [-0.05, 0) is 44.4 Å². The molecule has 4 heteroatoms. The van der Waals surface area contributed by atoms with Gasteiger partial charge in [0.1, 0.15) is 0 Å². The summed E-state index contributed by atoms with van der Waals surface area (Å²) >= 11 is 0. The Bertz CT molecular complexity index is 280. The second kappa shape index (κ2) is 6.02. The van der Waals surface area contributed by atoms with Gasteiger partial charge in [-0.3, -0.25) is 4.79 Å². The summed E-state index contributed by atoms with van der Waals surface area (Å²) in [5.41, 5.74) is 5.66. The number of hydrogen-bond donors (Lipinski definition) is 2. The first-order valence-corrected chi connectivity index (χ1v) is 7.25. The minimum atomic E-state index is -0.210. The van der Waals surface area contributed by atoms with Crippen LogP contribution in [0, 0.1) is 11.8 Å². The molecule has 1 saturated heterocycles. The molecule has 0 atom stereocenters. The van der Waals surface area contributed by atoms with Gasteiger partial charge in [0.05, 0.1) is 5.54 Å². The van der Waals surface area contributed by atoms with Gasteiger partial charge in [-0.2, -0.15) is 0 Å². The fraction of sp³-hybridized carbons (Fsp3) is 0.929. The summed E-state index contributed by atoms with van der Waals surface area (Å²) in [6, 6.07) is 0. The molecule has 4 nitrogen and oxygen atoms in total. The lowest BCUT2D eigenvalue weighted by Crippen LogP contribution is -2.58. The summed E-state index contributed by atoms with van der Waals surface area (Å²) in [5.74, 6) is 1.20. The van der Waals surface area contributed by atoms with E-state index in [2.05, 4.69) is 12.2 Å². The van der Waals surface area contributed by atoms with Crippen LogP contribution in [0.2, 0.25) is 0 Å². The summed E-state index contributed by atoms with van der Waals surface area (Å²) < 4.78 is 5.36. The fourth-order valence-electron chi connectivity index (χ4n) is 3.03. The van der Waals surface area contributed by atoms with Crippen LogP contribution in [0.25, 0.3) is 0 Å². The maximum absolute atomic E-state index is 12.3. The lowest BCUT2D eigenvalue weighted by atomic mass is 9.81. The molecule has 0 radical (unpaired) electrons. The van der Waals surface area contributed by atoms with E-state index < -0.39 is 0 Å². The lowest BCUT2D eigenvalue weighted by Gasteiger charge is -2.38. The maximum atomic E-state index is 12.3. The molecule has 0 aromatic heterocycles. The molecule has 0 unspecified atom stereocenters. The zero-order chi connectivity index (χ0) is 13.0. The number of nitrogens with one attached hydrogen (secondary N) is 1. The largest absolute Gasteiger partial charge is 0.381 e. The Kier molecular flexibility index (Phi) is 4.62. The van der Waals surface area contributed by atoms with Crippen molar-refractivity contribution in [3.63, 3.8) is 0 Å². The first-order chi connectivity index (χ1) is 8.65. The van der Waals surface area contributed by atoms with E-state index in [-0.39, 0.29) is 17.4 Å². The van der Waals surface area contributed by atoms with E-state index in [1.807, 2.05) is 0 Å². The summed E-state index contributed by atoms with van der Waals surface area (Å²) in [6.07, 6.45) is 6.11. The molecule has 0 spiro atoms. The van der Waals surface area contributed by atoms with Gasteiger partial charge in [-0.25, -0.2) is 0 Å². The van der Waals surface area contributed by atoms with Crippen LogP contribution in [0.3, 0.4) is 0 Å². The molecule has 18 heavy (non-hydrogen) atoms. The van der Waals surface area contributed by atoms with Crippen molar-refractivity contribution < 1.29 is 9.53 Å². The quantitative estimate of drug-likeness (QED) is 0.801.